The molecule has 1 saturated heterocycles. The molecule has 0 bridgehead atoms. The van der Waals surface area contributed by atoms with Crippen LogP contribution >= 0.6 is 11.6 Å². The maximum atomic E-state index is 10.8. The summed E-state index contributed by atoms with van der Waals surface area (Å²) in [6, 6.07) is 8.01. The number of aromatic nitrogens is 2. The highest BCUT2D eigenvalue weighted by atomic mass is 35.5. The van der Waals surface area contributed by atoms with Crippen molar-refractivity contribution in [2.45, 2.75) is 26.0 Å². The molecule has 2 aliphatic heterocycles. The van der Waals surface area contributed by atoms with Gasteiger partial charge in [-0.2, -0.15) is 5.10 Å². The van der Waals surface area contributed by atoms with Crippen molar-refractivity contribution < 1.29 is 9.66 Å². The lowest BCUT2D eigenvalue weighted by Gasteiger charge is -2.37. The van der Waals surface area contributed by atoms with Gasteiger partial charge >= 0.3 is 11.8 Å². The summed E-state index contributed by atoms with van der Waals surface area (Å²) in [5.41, 5.74) is 1.59. The van der Waals surface area contributed by atoms with Crippen molar-refractivity contribution in [2.24, 2.45) is 5.10 Å². The minimum absolute atomic E-state index is 0.176. The summed E-state index contributed by atoms with van der Waals surface area (Å²) in [7, 11) is 0. The molecule has 0 amide bonds. The van der Waals surface area contributed by atoms with Crippen LogP contribution in [0.2, 0.25) is 5.02 Å². The third-order valence-corrected chi connectivity index (χ3v) is 5.47. The van der Waals surface area contributed by atoms with E-state index in [9.17, 15) is 10.1 Å². The molecule has 29 heavy (non-hydrogen) atoms. The van der Waals surface area contributed by atoms with Gasteiger partial charge in [-0.25, -0.2) is 0 Å². The Hall–Kier alpha value is -2.65. The quantitative estimate of drug-likeness (QED) is 0.421. The second kappa shape index (κ2) is 7.64. The molecule has 0 N–H and O–H groups in total. The number of piperazine rings is 1. The highest BCUT2D eigenvalue weighted by Crippen LogP contribution is 2.31. The van der Waals surface area contributed by atoms with Crippen LogP contribution in [0.5, 0.6) is 6.01 Å². The smallest absolute Gasteiger partial charge is 0.415 e. The molecule has 0 spiro atoms. The number of imidazole rings is 1. The number of benzene rings is 1. The summed E-state index contributed by atoms with van der Waals surface area (Å²) in [5.74, 6) is -0.176. The van der Waals surface area contributed by atoms with Crippen molar-refractivity contribution in [1.29, 1.82) is 0 Å². The van der Waals surface area contributed by atoms with Gasteiger partial charge in [0.2, 0.25) is 0 Å². The van der Waals surface area contributed by atoms with E-state index in [0.717, 1.165) is 44.0 Å². The number of hydrazone groups is 1. The van der Waals surface area contributed by atoms with E-state index in [0.29, 0.717) is 17.6 Å². The molecule has 0 aliphatic carbocycles. The van der Waals surface area contributed by atoms with E-state index >= 15 is 0 Å². The van der Waals surface area contributed by atoms with Gasteiger partial charge in [0.1, 0.15) is 11.8 Å². The Morgan fingerprint density at radius 3 is 2.62 bits per heavy atom. The van der Waals surface area contributed by atoms with Crippen molar-refractivity contribution in [3.8, 4) is 6.01 Å². The largest absolute Gasteiger partial charge is 0.436 e. The van der Waals surface area contributed by atoms with Crippen molar-refractivity contribution in [2.75, 3.05) is 32.7 Å². The van der Waals surface area contributed by atoms with Crippen LogP contribution in [0.15, 0.2) is 35.6 Å². The van der Waals surface area contributed by atoms with Gasteiger partial charge in [0, 0.05) is 42.7 Å². The van der Waals surface area contributed by atoms with Crippen molar-refractivity contribution >= 4 is 23.1 Å². The Morgan fingerprint density at radius 1 is 1.31 bits per heavy atom. The first-order chi connectivity index (χ1) is 13.8. The third-order valence-electron chi connectivity index (χ3n) is 5.22. The normalized spacial score (nSPS) is 22.4. The molecule has 3 heterocycles. The second-order valence-electron chi connectivity index (χ2n) is 7.74. The van der Waals surface area contributed by atoms with Crippen LogP contribution in [0.4, 0.5) is 5.82 Å². The fourth-order valence-electron chi connectivity index (χ4n) is 3.79. The summed E-state index contributed by atoms with van der Waals surface area (Å²) in [4.78, 5) is 16.6. The molecule has 154 valence electrons. The predicted octanol–water partition coefficient (Wildman–Crippen LogP) is 2.64. The zero-order chi connectivity index (χ0) is 20.6. The Bertz CT molecular complexity index is 910. The Morgan fingerprint density at radius 2 is 2.00 bits per heavy atom. The zero-order valence-corrected chi connectivity index (χ0v) is 17.2. The number of hydrogen-bond donors (Lipinski definition) is 0. The molecule has 1 unspecified atom stereocenters. The maximum Gasteiger partial charge on any atom is 0.415 e. The van der Waals surface area contributed by atoms with Crippen LogP contribution in [-0.2, 0) is 6.54 Å². The number of halogens is 1. The maximum absolute atomic E-state index is 10.8. The highest BCUT2D eigenvalue weighted by molar-refractivity contribution is 6.30. The molecule has 1 aromatic carbocycles. The van der Waals surface area contributed by atoms with E-state index in [4.69, 9.17) is 21.4 Å². The number of fused-ring (bicyclic) bond motifs is 1. The average Bonchev–Trinajstić information content (AvgIpc) is 3.19. The molecule has 1 aromatic heterocycles. The fourth-order valence-corrected chi connectivity index (χ4v) is 3.92. The first kappa shape index (κ1) is 19.7. The molecular formula is C19H23ClN6O3. The molecule has 2 aromatic rings. The van der Waals surface area contributed by atoms with E-state index in [-0.39, 0.29) is 5.82 Å². The molecule has 4 rings (SSSR count). The number of rotatable bonds is 5. The number of hydrogen-bond acceptors (Lipinski definition) is 7. The van der Waals surface area contributed by atoms with Gasteiger partial charge in [-0.1, -0.05) is 23.7 Å². The van der Waals surface area contributed by atoms with Crippen molar-refractivity contribution in [3.05, 3.63) is 51.2 Å². The lowest BCUT2D eigenvalue weighted by molar-refractivity contribution is -0.389. The van der Waals surface area contributed by atoms with Gasteiger partial charge < -0.3 is 14.9 Å². The molecule has 9 nitrogen and oxygen atoms in total. The van der Waals surface area contributed by atoms with Gasteiger partial charge in [0.25, 0.3) is 0 Å². The van der Waals surface area contributed by atoms with E-state index in [1.807, 2.05) is 38.1 Å². The van der Waals surface area contributed by atoms with E-state index in [2.05, 4.69) is 14.9 Å². The molecule has 1 atom stereocenters. The lowest BCUT2D eigenvalue weighted by Crippen LogP contribution is -2.51. The second-order valence-corrected chi connectivity index (χ2v) is 8.18. The third kappa shape index (κ3) is 4.35. The molecule has 0 saturated carbocycles. The lowest BCUT2D eigenvalue weighted by atomic mass is 10.1. The Labute approximate surface area is 173 Å². The van der Waals surface area contributed by atoms with Crippen LogP contribution < -0.4 is 4.74 Å². The minimum atomic E-state index is -0.502. The van der Waals surface area contributed by atoms with Crippen LogP contribution in [-0.4, -0.2) is 68.4 Å². The van der Waals surface area contributed by atoms with Crippen LogP contribution in [0, 0.1) is 10.1 Å². The molecule has 2 aliphatic rings. The Kier molecular flexibility index (Phi) is 5.18. The first-order valence-electron chi connectivity index (χ1n) is 9.50. The van der Waals surface area contributed by atoms with Crippen molar-refractivity contribution in [3.63, 3.8) is 0 Å². The fraction of sp³-hybridized carbons (Fsp3) is 0.474. The topological polar surface area (TPSA) is 89.0 Å². The van der Waals surface area contributed by atoms with Gasteiger partial charge in [0.05, 0.1) is 12.3 Å². The van der Waals surface area contributed by atoms with Crippen molar-refractivity contribution in [1.82, 2.24) is 19.5 Å². The summed E-state index contributed by atoms with van der Waals surface area (Å²) in [5, 5.41) is 18.4. The van der Waals surface area contributed by atoms with Crippen LogP contribution in [0.25, 0.3) is 0 Å². The van der Waals surface area contributed by atoms with E-state index in [1.165, 1.54) is 6.20 Å². The summed E-state index contributed by atoms with van der Waals surface area (Å²) in [6.45, 7) is 8.72. The molecule has 0 radical (unpaired) electrons. The monoisotopic (exact) mass is 418 g/mol. The molecular weight excluding hydrogens is 396 g/mol. The molecule has 1 fully saturated rings. The van der Waals surface area contributed by atoms with Crippen LogP contribution in [0.1, 0.15) is 19.4 Å². The summed E-state index contributed by atoms with van der Waals surface area (Å²) < 4.78 is 7.66. The van der Waals surface area contributed by atoms with E-state index in [1.54, 1.807) is 4.57 Å². The number of nitrogens with zero attached hydrogens (tertiary/aromatic N) is 6. The van der Waals surface area contributed by atoms with Crippen LogP contribution in [0.3, 0.4) is 0 Å². The van der Waals surface area contributed by atoms with Gasteiger partial charge in [-0.05, 0) is 36.5 Å². The van der Waals surface area contributed by atoms with E-state index < -0.39 is 10.5 Å². The number of ether oxygens (including phenoxy) is 1. The minimum Gasteiger partial charge on any atom is -0.436 e. The SMILES string of the molecule is CC(=NN1CCN(CC2(C)Cn3cc([N+](=O)[O-])nc3O2)CC1)c1ccc(Cl)cc1. The van der Waals surface area contributed by atoms with Gasteiger partial charge in [-0.15, -0.1) is 0 Å². The molecule has 10 heteroatoms. The average molecular weight is 419 g/mol. The van der Waals surface area contributed by atoms with Gasteiger partial charge in [0.15, 0.2) is 0 Å². The summed E-state index contributed by atoms with van der Waals surface area (Å²) in [6.07, 6.45) is 1.44. The standard InChI is InChI=1S/C19H23ClN6O3/c1-14(15-3-5-16(20)6-4-15)22-25-9-7-23(8-10-25)12-19(2)13-24-11-17(26(27)28)21-18(24)29-19/h3-6,11H,7-10,12-13H2,1-2H3. The summed E-state index contributed by atoms with van der Waals surface area (Å²) >= 11 is 5.95. The number of nitro groups is 1. The first-order valence-corrected chi connectivity index (χ1v) is 9.88. The highest BCUT2D eigenvalue weighted by Gasteiger charge is 2.41. The Balaban J connectivity index is 1.31. The zero-order valence-electron chi connectivity index (χ0n) is 16.4. The van der Waals surface area contributed by atoms with Gasteiger partial charge in [-0.3, -0.25) is 14.5 Å². The predicted molar refractivity (Wildman–Crippen MR) is 110 cm³/mol.